The molecule has 1 saturated carbocycles. The molecule has 0 radical (unpaired) electrons. The SMILES string of the molecule is CNC(=O)C1COCCN1C(=O)C1CCCC(CN)C1. The van der Waals surface area contributed by atoms with Gasteiger partial charge in [-0.25, -0.2) is 0 Å². The molecule has 2 fully saturated rings. The van der Waals surface area contributed by atoms with Crippen molar-refractivity contribution in [3.8, 4) is 0 Å². The van der Waals surface area contributed by atoms with Gasteiger partial charge in [0.2, 0.25) is 11.8 Å². The minimum Gasteiger partial charge on any atom is -0.377 e. The van der Waals surface area contributed by atoms with Gasteiger partial charge in [-0.1, -0.05) is 6.42 Å². The second-order valence-electron chi connectivity index (χ2n) is 5.70. The molecule has 6 heteroatoms. The van der Waals surface area contributed by atoms with Crippen molar-refractivity contribution >= 4 is 11.8 Å². The van der Waals surface area contributed by atoms with E-state index in [1.165, 1.54) is 0 Å². The van der Waals surface area contributed by atoms with Gasteiger partial charge in [0.25, 0.3) is 0 Å². The van der Waals surface area contributed by atoms with Crippen molar-refractivity contribution in [2.24, 2.45) is 17.6 Å². The van der Waals surface area contributed by atoms with Crippen LogP contribution < -0.4 is 11.1 Å². The van der Waals surface area contributed by atoms with Crippen LogP contribution in [0.5, 0.6) is 0 Å². The molecule has 6 nitrogen and oxygen atoms in total. The monoisotopic (exact) mass is 283 g/mol. The number of rotatable bonds is 3. The number of nitrogens with zero attached hydrogens (tertiary/aromatic N) is 1. The Morgan fingerprint density at radius 3 is 2.90 bits per heavy atom. The zero-order valence-corrected chi connectivity index (χ0v) is 12.1. The molecule has 1 heterocycles. The lowest BCUT2D eigenvalue weighted by Crippen LogP contribution is -2.57. The highest BCUT2D eigenvalue weighted by atomic mass is 16.5. The summed E-state index contributed by atoms with van der Waals surface area (Å²) in [4.78, 5) is 26.3. The van der Waals surface area contributed by atoms with Gasteiger partial charge in [0.05, 0.1) is 13.2 Å². The van der Waals surface area contributed by atoms with Gasteiger partial charge < -0.3 is 20.7 Å². The summed E-state index contributed by atoms with van der Waals surface area (Å²) in [5, 5.41) is 2.61. The first-order chi connectivity index (χ1) is 9.67. The Balaban J connectivity index is 2.03. The van der Waals surface area contributed by atoms with E-state index in [-0.39, 0.29) is 17.7 Å². The Morgan fingerprint density at radius 1 is 1.40 bits per heavy atom. The van der Waals surface area contributed by atoms with E-state index in [4.69, 9.17) is 10.5 Å². The van der Waals surface area contributed by atoms with E-state index in [1.54, 1.807) is 11.9 Å². The molecule has 1 saturated heterocycles. The maximum atomic E-state index is 12.7. The minimum absolute atomic E-state index is 0.0163. The summed E-state index contributed by atoms with van der Waals surface area (Å²) in [6, 6.07) is -0.487. The summed E-state index contributed by atoms with van der Waals surface area (Å²) in [5.74, 6) is 0.407. The van der Waals surface area contributed by atoms with Crippen molar-refractivity contribution in [2.75, 3.05) is 33.4 Å². The number of amides is 2. The van der Waals surface area contributed by atoms with Gasteiger partial charge in [-0.3, -0.25) is 9.59 Å². The molecule has 2 rings (SSSR count). The molecule has 3 unspecified atom stereocenters. The molecule has 1 aliphatic heterocycles. The van der Waals surface area contributed by atoms with E-state index >= 15 is 0 Å². The molecule has 0 bridgehead atoms. The highest BCUT2D eigenvalue weighted by Gasteiger charge is 2.37. The number of likely N-dealkylation sites (N-methyl/N-ethyl adjacent to an activating group) is 1. The van der Waals surface area contributed by atoms with E-state index in [9.17, 15) is 9.59 Å². The smallest absolute Gasteiger partial charge is 0.244 e. The fourth-order valence-electron chi connectivity index (χ4n) is 3.22. The molecule has 3 N–H and O–H groups in total. The number of nitrogens with one attached hydrogen (secondary N) is 1. The predicted molar refractivity (Wildman–Crippen MR) is 74.9 cm³/mol. The average Bonchev–Trinajstić information content (AvgIpc) is 2.53. The third kappa shape index (κ3) is 3.30. The molecule has 2 aliphatic rings. The number of nitrogens with two attached hydrogens (primary N) is 1. The Labute approximate surface area is 120 Å². The standard InChI is InChI=1S/C14H25N3O3/c1-16-13(18)12-9-20-6-5-17(12)14(19)11-4-2-3-10(7-11)8-15/h10-12H,2-9,15H2,1H3,(H,16,18). The van der Waals surface area contributed by atoms with Gasteiger partial charge in [-0.05, 0) is 31.7 Å². The Hall–Kier alpha value is -1.14. The number of hydrogen-bond acceptors (Lipinski definition) is 4. The van der Waals surface area contributed by atoms with Crippen LogP contribution in [0.15, 0.2) is 0 Å². The Bertz CT molecular complexity index is 362. The molecule has 114 valence electrons. The normalized spacial score (nSPS) is 30.9. The number of carbonyl (C=O) groups excluding carboxylic acids is 2. The van der Waals surface area contributed by atoms with Crippen LogP contribution in [0.3, 0.4) is 0 Å². The molecule has 2 amide bonds. The van der Waals surface area contributed by atoms with Crippen LogP contribution in [0.25, 0.3) is 0 Å². The summed E-state index contributed by atoms with van der Waals surface area (Å²) in [6.45, 7) is 1.94. The van der Waals surface area contributed by atoms with Gasteiger partial charge in [-0.2, -0.15) is 0 Å². The zero-order chi connectivity index (χ0) is 14.5. The minimum atomic E-state index is -0.487. The van der Waals surface area contributed by atoms with Crippen LogP contribution in [0, 0.1) is 11.8 Å². The highest BCUT2D eigenvalue weighted by molar-refractivity contribution is 5.88. The first kappa shape index (κ1) is 15.3. The summed E-state index contributed by atoms with van der Waals surface area (Å²) in [5.41, 5.74) is 5.73. The Morgan fingerprint density at radius 2 is 2.20 bits per heavy atom. The average molecular weight is 283 g/mol. The van der Waals surface area contributed by atoms with Crippen molar-refractivity contribution in [3.63, 3.8) is 0 Å². The quantitative estimate of drug-likeness (QED) is 0.746. The summed E-state index contributed by atoms with van der Waals surface area (Å²) < 4.78 is 5.34. The molecule has 3 atom stereocenters. The van der Waals surface area contributed by atoms with Crippen molar-refractivity contribution in [2.45, 2.75) is 31.7 Å². The first-order valence-electron chi connectivity index (χ1n) is 7.47. The van der Waals surface area contributed by atoms with Crippen LogP contribution in [0.2, 0.25) is 0 Å². The lowest BCUT2D eigenvalue weighted by Gasteiger charge is -2.38. The van der Waals surface area contributed by atoms with E-state index in [2.05, 4.69) is 5.32 Å². The second-order valence-corrected chi connectivity index (χ2v) is 5.70. The Kier molecular flexibility index (Phi) is 5.37. The summed E-state index contributed by atoms with van der Waals surface area (Å²) in [6.07, 6.45) is 3.93. The molecule has 0 spiro atoms. The van der Waals surface area contributed by atoms with Crippen LogP contribution >= 0.6 is 0 Å². The van der Waals surface area contributed by atoms with Gasteiger partial charge >= 0.3 is 0 Å². The summed E-state index contributed by atoms with van der Waals surface area (Å²) in [7, 11) is 1.59. The number of hydrogen-bond donors (Lipinski definition) is 2. The molecular weight excluding hydrogens is 258 g/mol. The largest absolute Gasteiger partial charge is 0.377 e. The second kappa shape index (κ2) is 7.04. The molecule has 0 aromatic carbocycles. The lowest BCUT2D eigenvalue weighted by molar-refractivity contribution is -0.152. The van der Waals surface area contributed by atoms with Gasteiger partial charge in [0.15, 0.2) is 0 Å². The van der Waals surface area contributed by atoms with E-state index in [0.717, 1.165) is 25.7 Å². The van der Waals surface area contributed by atoms with E-state index < -0.39 is 6.04 Å². The van der Waals surface area contributed by atoms with Crippen molar-refractivity contribution < 1.29 is 14.3 Å². The van der Waals surface area contributed by atoms with Gasteiger partial charge in [0, 0.05) is 19.5 Å². The molecule has 1 aliphatic carbocycles. The third-order valence-electron chi connectivity index (χ3n) is 4.43. The third-order valence-corrected chi connectivity index (χ3v) is 4.43. The maximum absolute atomic E-state index is 12.7. The zero-order valence-electron chi connectivity index (χ0n) is 12.1. The predicted octanol–water partition coefficient (Wildman–Crippen LogP) is -0.275. The molecule has 0 aromatic rings. The molecule has 0 aromatic heterocycles. The van der Waals surface area contributed by atoms with E-state index in [0.29, 0.717) is 32.2 Å². The maximum Gasteiger partial charge on any atom is 0.244 e. The van der Waals surface area contributed by atoms with Gasteiger partial charge in [-0.15, -0.1) is 0 Å². The number of carbonyl (C=O) groups is 2. The van der Waals surface area contributed by atoms with Crippen molar-refractivity contribution in [1.29, 1.82) is 0 Å². The fraction of sp³-hybridized carbons (Fsp3) is 0.857. The highest BCUT2D eigenvalue weighted by Crippen LogP contribution is 2.30. The fourth-order valence-corrected chi connectivity index (χ4v) is 3.22. The number of ether oxygens (including phenoxy) is 1. The topological polar surface area (TPSA) is 84.7 Å². The van der Waals surface area contributed by atoms with Crippen LogP contribution in [0.4, 0.5) is 0 Å². The van der Waals surface area contributed by atoms with E-state index in [1.807, 2.05) is 0 Å². The summed E-state index contributed by atoms with van der Waals surface area (Å²) >= 11 is 0. The van der Waals surface area contributed by atoms with Crippen molar-refractivity contribution in [3.05, 3.63) is 0 Å². The molecule has 20 heavy (non-hydrogen) atoms. The van der Waals surface area contributed by atoms with Crippen LogP contribution in [-0.4, -0.2) is 56.1 Å². The molecular formula is C14H25N3O3. The van der Waals surface area contributed by atoms with Gasteiger partial charge in [0.1, 0.15) is 6.04 Å². The van der Waals surface area contributed by atoms with Crippen LogP contribution in [0.1, 0.15) is 25.7 Å². The van der Waals surface area contributed by atoms with Crippen LogP contribution in [-0.2, 0) is 14.3 Å². The first-order valence-corrected chi connectivity index (χ1v) is 7.47. The number of morpholine rings is 1. The lowest BCUT2D eigenvalue weighted by atomic mass is 9.80. The van der Waals surface area contributed by atoms with Crippen molar-refractivity contribution in [1.82, 2.24) is 10.2 Å².